The van der Waals surface area contributed by atoms with Crippen LogP contribution in [0.1, 0.15) is 24.9 Å². The number of amidine groups is 1. The molecule has 0 bridgehead atoms. The predicted molar refractivity (Wildman–Crippen MR) is 76.1 cm³/mol. The molecule has 1 saturated heterocycles. The van der Waals surface area contributed by atoms with Crippen molar-refractivity contribution in [3.63, 3.8) is 0 Å². The minimum atomic E-state index is 0.0669. The molecule has 0 radical (unpaired) electrons. The number of rotatable bonds is 2. The summed E-state index contributed by atoms with van der Waals surface area (Å²) in [4.78, 5) is 4.78. The second kappa shape index (κ2) is 4.94. The van der Waals surface area contributed by atoms with Crippen LogP contribution >= 0.6 is 11.8 Å². The van der Waals surface area contributed by atoms with E-state index < -0.39 is 0 Å². The molecule has 1 fully saturated rings. The number of hydrogen-bond acceptors (Lipinski definition) is 4. The van der Waals surface area contributed by atoms with Crippen molar-refractivity contribution in [1.82, 2.24) is 5.32 Å². The molecule has 1 N–H and O–H groups in total. The van der Waals surface area contributed by atoms with E-state index in [1.807, 2.05) is 17.8 Å². The van der Waals surface area contributed by atoms with Crippen LogP contribution in [0, 0.1) is 0 Å². The minimum Gasteiger partial charge on any atom is -0.379 e. The van der Waals surface area contributed by atoms with Gasteiger partial charge in [0, 0.05) is 12.4 Å². The van der Waals surface area contributed by atoms with Gasteiger partial charge >= 0.3 is 0 Å². The highest BCUT2D eigenvalue weighted by molar-refractivity contribution is 8.14. The lowest BCUT2D eigenvalue weighted by molar-refractivity contribution is 0.177. The Labute approximate surface area is 112 Å². The Balaban J connectivity index is 1.68. The van der Waals surface area contributed by atoms with Crippen molar-refractivity contribution in [3.05, 3.63) is 35.9 Å². The van der Waals surface area contributed by atoms with Gasteiger partial charge in [-0.15, -0.1) is 0 Å². The fraction of sp³-hybridized carbons (Fsp3) is 0.500. The van der Waals surface area contributed by atoms with Crippen LogP contribution in [0.2, 0.25) is 0 Å². The Bertz CT molecular complexity index is 440. The molecule has 0 amide bonds. The number of nitrogens with one attached hydrogen (secondary N) is 1. The van der Waals surface area contributed by atoms with Gasteiger partial charge < -0.3 is 10.1 Å². The van der Waals surface area contributed by atoms with Gasteiger partial charge in [-0.05, 0) is 18.9 Å². The third kappa shape index (κ3) is 2.54. The third-order valence-corrected chi connectivity index (χ3v) is 4.43. The summed E-state index contributed by atoms with van der Waals surface area (Å²) >= 11 is 1.81. The van der Waals surface area contributed by atoms with Gasteiger partial charge in [-0.2, -0.15) is 0 Å². The van der Waals surface area contributed by atoms with Crippen molar-refractivity contribution in [3.8, 4) is 0 Å². The quantitative estimate of drug-likeness (QED) is 0.889. The monoisotopic (exact) mass is 262 g/mol. The number of hydrogen-bond donors (Lipinski definition) is 1. The maximum atomic E-state index is 5.46. The lowest BCUT2D eigenvalue weighted by Crippen LogP contribution is -2.44. The van der Waals surface area contributed by atoms with Gasteiger partial charge in [-0.25, -0.2) is 0 Å². The molecule has 0 aromatic heterocycles. The molecule has 2 aliphatic rings. The smallest absolute Gasteiger partial charge is 0.157 e. The normalized spacial score (nSPS) is 31.4. The highest BCUT2D eigenvalue weighted by atomic mass is 32.2. The molecular weight excluding hydrogens is 244 g/mol. The van der Waals surface area contributed by atoms with Crippen molar-refractivity contribution in [2.24, 2.45) is 4.99 Å². The molecule has 4 heteroatoms. The zero-order chi connectivity index (χ0) is 12.4. The lowest BCUT2D eigenvalue weighted by Gasteiger charge is -2.24. The molecule has 3 nitrogen and oxygen atoms in total. The van der Waals surface area contributed by atoms with E-state index in [0.717, 1.165) is 30.6 Å². The van der Waals surface area contributed by atoms with Crippen molar-refractivity contribution >= 4 is 16.9 Å². The third-order valence-electron chi connectivity index (χ3n) is 3.46. The maximum absolute atomic E-state index is 5.46. The van der Waals surface area contributed by atoms with Crippen LogP contribution in [0.5, 0.6) is 0 Å². The van der Waals surface area contributed by atoms with E-state index in [0.29, 0.717) is 6.04 Å². The van der Waals surface area contributed by atoms with Crippen molar-refractivity contribution in [2.75, 3.05) is 19.0 Å². The van der Waals surface area contributed by atoms with Gasteiger partial charge in [0.1, 0.15) is 0 Å². The van der Waals surface area contributed by atoms with Gasteiger partial charge in [0.05, 0.1) is 18.2 Å². The Morgan fingerprint density at radius 2 is 2.22 bits per heavy atom. The first-order valence-corrected chi connectivity index (χ1v) is 7.35. The van der Waals surface area contributed by atoms with Crippen LogP contribution in [0.3, 0.4) is 0 Å². The SMILES string of the molecule is CC1(NC2=NC(c3ccccc3)CS2)CCOC1. The lowest BCUT2D eigenvalue weighted by atomic mass is 10.0. The van der Waals surface area contributed by atoms with Gasteiger partial charge in [0.15, 0.2) is 5.17 Å². The molecule has 2 unspecified atom stereocenters. The summed E-state index contributed by atoms with van der Waals surface area (Å²) in [5, 5.41) is 4.61. The number of nitrogens with zero attached hydrogens (tertiary/aromatic N) is 1. The average molecular weight is 262 g/mol. The van der Waals surface area contributed by atoms with E-state index in [4.69, 9.17) is 9.73 Å². The fourth-order valence-corrected chi connectivity index (χ4v) is 3.42. The van der Waals surface area contributed by atoms with E-state index in [1.54, 1.807) is 0 Å². The fourth-order valence-electron chi connectivity index (χ4n) is 2.31. The van der Waals surface area contributed by atoms with E-state index in [-0.39, 0.29) is 5.54 Å². The maximum Gasteiger partial charge on any atom is 0.157 e. The number of thioether (sulfide) groups is 1. The molecule has 1 aromatic carbocycles. The Morgan fingerprint density at radius 1 is 1.39 bits per heavy atom. The summed E-state index contributed by atoms with van der Waals surface area (Å²) in [5.41, 5.74) is 1.37. The van der Waals surface area contributed by atoms with Crippen LogP contribution in [0.15, 0.2) is 35.3 Å². The Hall–Kier alpha value is -1.00. The van der Waals surface area contributed by atoms with Crippen molar-refractivity contribution in [2.45, 2.75) is 24.9 Å². The van der Waals surface area contributed by atoms with E-state index in [9.17, 15) is 0 Å². The number of aliphatic imine (C=N–C) groups is 1. The summed E-state index contributed by atoms with van der Waals surface area (Å²) in [5.74, 6) is 1.03. The summed E-state index contributed by atoms with van der Waals surface area (Å²) in [6.45, 7) is 3.84. The summed E-state index contributed by atoms with van der Waals surface area (Å²) < 4.78 is 5.46. The number of benzene rings is 1. The van der Waals surface area contributed by atoms with Gasteiger partial charge in [-0.1, -0.05) is 42.1 Å². The van der Waals surface area contributed by atoms with Crippen LogP contribution in [0.4, 0.5) is 0 Å². The zero-order valence-electron chi connectivity index (χ0n) is 10.6. The van der Waals surface area contributed by atoms with Crippen LogP contribution < -0.4 is 5.32 Å². The van der Waals surface area contributed by atoms with E-state index >= 15 is 0 Å². The molecule has 1 aromatic rings. The zero-order valence-corrected chi connectivity index (χ0v) is 11.4. The molecular formula is C14H18N2OS. The molecule has 0 saturated carbocycles. The first-order chi connectivity index (χ1) is 8.75. The predicted octanol–water partition coefficient (Wildman–Crippen LogP) is 2.60. The Morgan fingerprint density at radius 3 is 2.94 bits per heavy atom. The molecule has 2 heterocycles. The first kappa shape index (κ1) is 12.1. The van der Waals surface area contributed by atoms with Crippen LogP contribution in [0.25, 0.3) is 0 Å². The van der Waals surface area contributed by atoms with E-state index in [1.165, 1.54) is 5.56 Å². The highest BCUT2D eigenvalue weighted by Gasteiger charge is 2.32. The van der Waals surface area contributed by atoms with E-state index in [2.05, 4.69) is 36.5 Å². The minimum absolute atomic E-state index is 0.0669. The molecule has 3 rings (SSSR count). The number of ether oxygens (including phenoxy) is 1. The summed E-state index contributed by atoms with van der Waals surface area (Å²) in [6.07, 6.45) is 1.06. The second-order valence-corrected chi connectivity index (χ2v) is 6.17. The molecule has 96 valence electrons. The van der Waals surface area contributed by atoms with Crippen LogP contribution in [-0.4, -0.2) is 29.7 Å². The van der Waals surface area contributed by atoms with Gasteiger partial charge in [-0.3, -0.25) is 4.99 Å². The van der Waals surface area contributed by atoms with Crippen LogP contribution in [-0.2, 0) is 4.74 Å². The molecule has 18 heavy (non-hydrogen) atoms. The summed E-state index contributed by atoms with van der Waals surface area (Å²) in [6, 6.07) is 10.8. The highest BCUT2D eigenvalue weighted by Crippen LogP contribution is 2.31. The van der Waals surface area contributed by atoms with Crippen molar-refractivity contribution in [1.29, 1.82) is 0 Å². The van der Waals surface area contributed by atoms with Crippen molar-refractivity contribution < 1.29 is 4.74 Å². The molecule has 0 spiro atoms. The molecule has 2 aliphatic heterocycles. The Kier molecular flexibility index (Phi) is 3.31. The topological polar surface area (TPSA) is 33.6 Å². The first-order valence-electron chi connectivity index (χ1n) is 6.37. The average Bonchev–Trinajstić information content (AvgIpc) is 3.00. The standard InChI is InChI=1S/C14H18N2OS/c1-14(7-8-17-10-14)16-13-15-12(9-18-13)11-5-3-2-4-6-11/h2-6,12H,7-10H2,1H3,(H,15,16). The summed E-state index contributed by atoms with van der Waals surface area (Å²) in [7, 11) is 0. The van der Waals surface area contributed by atoms with Gasteiger partial charge in [0.25, 0.3) is 0 Å². The molecule has 2 atom stereocenters. The van der Waals surface area contributed by atoms with Gasteiger partial charge in [0.2, 0.25) is 0 Å². The second-order valence-electron chi connectivity index (χ2n) is 5.16. The molecule has 0 aliphatic carbocycles. The largest absolute Gasteiger partial charge is 0.379 e.